The Bertz CT molecular complexity index is 295. The first-order valence-electron chi connectivity index (χ1n) is 4.73. The smallest absolute Gasteiger partial charge is 0.269 e. The Morgan fingerprint density at radius 2 is 2.36 bits per heavy atom. The number of carbonyl (C=O) groups excluding carboxylic acids is 1. The van der Waals surface area contributed by atoms with Gasteiger partial charge in [0.05, 0.1) is 11.9 Å². The third-order valence-corrected chi connectivity index (χ3v) is 1.83. The predicted molar refractivity (Wildman–Crippen MR) is 55.9 cm³/mol. The lowest BCUT2D eigenvalue weighted by Crippen LogP contribution is -2.25. The summed E-state index contributed by atoms with van der Waals surface area (Å²) in [6, 6.07) is 3.29. The first-order chi connectivity index (χ1) is 6.74. The second kappa shape index (κ2) is 5.21. The first-order valence-corrected chi connectivity index (χ1v) is 4.73. The molecule has 1 rings (SSSR count). The number of nitrogen functional groups attached to an aromatic ring is 1. The van der Waals surface area contributed by atoms with Crippen molar-refractivity contribution in [1.82, 2.24) is 10.3 Å². The highest BCUT2D eigenvalue weighted by atomic mass is 16.1. The Morgan fingerprint density at radius 1 is 1.57 bits per heavy atom. The molecule has 3 N–H and O–H groups in total. The Hall–Kier alpha value is -1.58. The lowest BCUT2D eigenvalue weighted by molar-refractivity contribution is 0.0948. The largest absolute Gasteiger partial charge is 0.397 e. The maximum atomic E-state index is 11.4. The number of hydrogen-bond acceptors (Lipinski definition) is 3. The summed E-state index contributed by atoms with van der Waals surface area (Å²) in [5.74, 6) is -0.140. The normalized spacial score (nSPS) is 9.79. The number of nitrogens with one attached hydrogen (secondary N) is 1. The molecule has 0 aliphatic rings. The maximum absolute atomic E-state index is 11.4. The van der Waals surface area contributed by atoms with Crippen LogP contribution in [0.15, 0.2) is 18.3 Å². The third kappa shape index (κ3) is 3.05. The standard InChI is InChI=1S/C10H15N3O/c1-2-3-6-12-10(14)9-5-4-8(11)7-13-9/h4-5,7H,2-3,6,11H2,1H3,(H,12,14). The van der Waals surface area contributed by atoms with Crippen LogP contribution in [0.4, 0.5) is 5.69 Å². The molecule has 4 heteroatoms. The molecule has 0 aromatic carbocycles. The lowest BCUT2D eigenvalue weighted by atomic mass is 10.3. The van der Waals surface area contributed by atoms with Crippen LogP contribution in [0, 0.1) is 0 Å². The number of nitrogens with two attached hydrogens (primary N) is 1. The maximum Gasteiger partial charge on any atom is 0.269 e. The number of rotatable bonds is 4. The number of unbranched alkanes of at least 4 members (excludes halogenated alkanes) is 1. The highest BCUT2D eigenvalue weighted by Gasteiger charge is 2.04. The number of pyridine rings is 1. The zero-order chi connectivity index (χ0) is 10.4. The molecule has 1 aromatic heterocycles. The van der Waals surface area contributed by atoms with Gasteiger partial charge in [-0.25, -0.2) is 4.98 Å². The van der Waals surface area contributed by atoms with E-state index in [1.165, 1.54) is 6.20 Å². The van der Waals surface area contributed by atoms with E-state index in [0.29, 0.717) is 17.9 Å². The molecule has 0 saturated carbocycles. The van der Waals surface area contributed by atoms with Crippen molar-refractivity contribution in [3.8, 4) is 0 Å². The fourth-order valence-electron chi connectivity index (χ4n) is 1.01. The van der Waals surface area contributed by atoms with E-state index in [1.807, 2.05) is 0 Å². The van der Waals surface area contributed by atoms with Crippen molar-refractivity contribution in [1.29, 1.82) is 0 Å². The molecule has 0 atom stereocenters. The van der Waals surface area contributed by atoms with E-state index in [4.69, 9.17) is 5.73 Å². The number of hydrogen-bond donors (Lipinski definition) is 2. The van der Waals surface area contributed by atoms with Crippen LogP contribution < -0.4 is 11.1 Å². The summed E-state index contributed by atoms with van der Waals surface area (Å²) in [7, 11) is 0. The van der Waals surface area contributed by atoms with Crippen molar-refractivity contribution in [3.05, 3.63) is 24.0 Å². The van der Waals surface area contributed by atoms with Crippen LogP contribution >= 0.6 is 0 Å². The third-order valence-electron chi connectivity index (χ3n) is 1.83. The molecule has 0 aliphatic carbocycles. The number of anilines is 1. The summed E-state index contributed by atoms with van der Waals surface area (Å²) in [6.45, 7) is 2.77. The van der Waals surface area contributed by atoms with Crippen molar-refractivity contribution in [3.63, 3.8) is 0 Å². The van der Waals surface area contributed by atoms with Gasteiger partial charge in [0.1, 0.15) is 5.69 Å². The van der Waals surface area contributed by atoms with Crippen LogP contribution in [0.25, 0.3) is 0 Å². The molecule has 0 unspecified atom stereocenters. The Morgan fingerprint density at radius 3 is 2.93 bits per heavy atom. The Labute approximate surface area is 83.5 Å². The SMILES string of the molecule is CCCCNC(=O)c1ccc(N)cn1. The van der Waals surface area contributed by atoms with Crippen molar-refractivity contribution < 1.29 is 4.79 Å². The van der Waals surface area contributed by atoms with Crippen LogP contribution in [-0.4, -0.2) is 17.4 Å². The lowest BCUT2D eigenvalue weighted by Gasteiger charge is -2.03. The van der Waals surface area contributed by atoms with Crippen molar-refractivity contribution in [2.45, 2.75) is 19.8 Å². The number of nitrogens with zero attached hydrogens (tertiary/aromatic N) is 1. The van der Waals surface area contributed by atoms with Crippen LogP contribution in [0.5, 0.6) is 0 Å². The summed E-state index contributed by atoms with van der Waals surface area (Å²) in [5, 5.41) is 2.78. The molecule has 0 radical (unpaired) electrons. The van der Waals surface area contributed by atoms with Gasteiger partial charge < -0.3 is 11.1 Å². The van der Waals surface area contributed by atoms with E-state index in [0.717, 1.165) is 12.8 Å². The van der Waals surface area contributed by atoms with Gasteiger partial charge >= 0.3 is 0 Å². The zero-order valence-corrected chi connectivity index (χ0v) is 8.29. The molecule has 4 nitrogen and oxygen atoms in total. The molecule has 0 saturated heterocycles. The van der Waals surface area contributed by atoms with E-state index in [2.05, 4.69) is 17.2 Å². The van der Waals surface area contributed by atoms with E-state index in [9.17, 15) is 4.79 Å². The van der Waals surface area contributed by atoms with Gasteiger partial charge in [0, 0.05) is 6.54 Å². The minimum Gasteiger partial charge on any atom is -0.397 e. The molecule has 14 heavy (non-hydrogen) atoms. The van der Waals surface area contributed by atoms with Gasteiger partial charge in [0.2, 0.25) is 0 Å². The summed E-state index contributed by atoms with van der Waals surface area (Å²) >= 11 is 0. The van der Waals surface area contributed by atoms with Gasteiger partial charge in [0.15, 0.2) is 0 Å². The highest BCUT2D eigenvalue weighted by Crippen LogP contribution is 2.00. The van der Waals surface area contributed by atoms with Crippen molar-refractivity contribution in [2.24, 2.45) is 0 Å². The van der Waals surface area contributed by atoms with E-state index in [1.54, 1.807) is 12.1 Å². The molecule has 0 bridgehead atoms. The molecule has 1 aromatic rings. The molecular formula is C10H15N3O. The topological polar surface area (TPSA) is 68.0 Å². The van der Waals surface area contributed by atoms with Gasteiger partial charge in [-0.05, 0) is 18.6 Å². The van der Waals surface area contributed by atoms with Gasteiger partial charge in [-0.3, -0.25) is 4.79 Å². The van der Waals surface area contributed by atoms with Crippen LogP contribution in [0.2, 0.25) is 0 Å². The zero-order valence-electron chi connectivity index (χ0n) is 8.29. The average molecular weight is 193 g/mol. The second-order valence-electron chi connectivity index (χ2n) is 3.09. The molecule has 76 valence electrons. The average Bonchev–Trinajstić information content (AvgIpc) is 2.19. The molecule has 0 aliphatic heterocycles. The van der Waals surface area contributed by atoms with E-state index in [-0.39, 0.29) is 5.91 Å². The molecule has 1 heterocycles. The summed E-state index contributed by atoms with van der Waals surface area (Å²) in [4.78, 5) is 15.3. The number of aromatic nitrogens is 1. The second-order valence-corrected chi connectivity index (χ2v) is 3.09. The van der Waals surface area contributed by atoms with Crippen molar-refractivity contribution >= 4 is 11.6 Å². The first kappa shape index (κ1) is 10.5. The highest BCUT2D eigenvalue weighted by molar-refractivity contribution is 5.92. The van der Waals surface area contributed by atoms with Crippen LogP contribution in [-0.2, 0) is 0 Å². The van der Waals surface area contributed by atoms with E-state index < -0.39 is 0 Å². The van der Waals surface area contributed by atoms with Gasteiger partial charge in [-0.15, -0.1) is 0 Å². The minimum atomic E-state index is -0.140. The summed E-state index contributed by atoms with van der Waals surface area (Å²) in [6.07, 6.45) is 3.53. The fraction of sp³-hybridized carbons (Fsp3) is 0.400. The molecule has 0 spiro atoms. The van der Waals surface area contributed by atoms with Crippen molar-refractivity contribution in [2.75, 3.05) is 12.3 Å². The van der Waals surface area contributed by atoms with Crippen LogP contribution in [0.3, 0.4) is 0 Å². The molecule has 0 fully saturated rings. The van der Waals surface area contributed by atoms with Crippen LogP contribution in [0.1, 0.15) is 30.3 Å². The number of carbonyl (C=O) groups is 1. The molecular weight excluding hydrogens is 178 g/mol. The Balaban J connectivity index is 2.48. The van der Waals surface area contributed by atoms with E-state index >= 15 is 0 Å². The Kier molecular flexibility index (Phi) is 3.91. The van der Waals surface area contributed by atoms with Gasteiger partial charge in [0.25, 0.3) is 5.91 Å². The summed E-state index contributed by atoms with van der Waals surface area (Å²) in [5.41, 5.74) is 6.43. The monoisotopic (exact) mass is 193 g/mol. The quantitative estimate of drug-likeness (QED) is 0.706. The minimum absolute atomic E-state index is 0.140. The summed E-state index contributed by atoms with van der Waals surface area (Å²) < 4.78 is 0. The van der Waals surface area contributed by atoms with Gasteiger partial charge in [-0.1, -0.05) is 13.3 Å². The molecule has 1 amide bonds. The van der Waals surface area contributed by atoms with Gasteiger partial charge in [-0.2, -0.15) is 0 Å². The number of amides is 1. The predicted octanol–water partition coefficient (Wildman–Crippen LogP) is 1.19. The fourth-order valence-corrected chi connectivity index (χ4v) is 1.01.